The van der Waals surface area contributed by atoms with Gasteiger partial charge < -0.3 is 14.8 Å². The standard InChI is InChI=1S/C19H28INO4/c1-14(2)16(17(22)25-13-19(3,4)10-11-20)21-18(23)24-12-15-8-6-5-7-9-15/h5-9,14,16H,10-13H2,1-4H3,(H,21,23)/t16-/m0/s1. The quantitative estimate of drug-likeness (QED) is 0.338. The lowest BCUT2D eigenvalue weighted by Crippen LogP contribution is -2.46. The van der Waals surface area contributed by atoms with Gasteiger partial charge in [0.15, 0.2) is 0 Å². The number of rotatable bonds is 9. The van der Waals surface area contributed by atoms with Crippen molar-refractivity contribution in [3.8, 4) is 0 Å². The van der Waals surface area contributed by atoms with Gasteiger partial charge in [-0.1, -0.05) is 80.6 Å². The van der Waals surface area contributed by atoms with Crippen molar-refractivity contribution in [1.82, 2.24) is 5.32 Å². The number of halogens is 1. The van der Waals surface area contributed by atoms with Gasteiger partial charge in [-0.3, -0.25) is 0 Å². The molecule has 140 valence electrons. The lowest BCUT2D eigenvalue weighted by atomic mass is 9.91. The molecular weight excluding hydrogens is 433 g/mol. The third-order valence-electron chi connectivity index (χ3n) is 3.78. The number of hydrogen-bond acceptors (Lipinski definition) is 4. The van der Waals surface area contributed by atoms with E-state index >= 15 is 0 Å². The number of ether oxygens (including phenoxy) is 2. The Balaban J connectivity index is 2.52. The summed E-state index contributed by atoms with van der Waals surface area (Å²) >= 11 is 2.31. The van der Waals surface area contributed by atoms with Crippen molar-refractivity contribution in [2.75, 3.05) is 11.0 Å². The number of carbonyl (C=O) groups is 2. The minimum absolute atomic E-state index is 0.0772. The molecule has 0 aromatic heterocycles. The van der Waals surface area contributed by atoms with Crippen molar-refractivity contribution in [2.24, 2.45) is 11.3 Å². The van der Waals surface area contributed by atoms with Gasteiger partial charge in [-0.15, -0.1) is 0 Å². The SMILES string of the molecule is CC(C)[C@H](NC(=O)OCc1ccccc1)C(=O)OCC(C)(C)CCI. The van der Waals surface area contributed by atoms with Gasteiger partial charge >= 0.3 is 12.1 Å². The lowest BCUT2D eigenvalue weighted by Gasteiger charge is -2.26. The highest BCUT2D eigenvalue weighted by Gasteiger charge is 2.28. The molecule has 0 aliphatic heterocycles. The first-order chi connectivity index (χ1) is 11.7. The zero-order chi connectivity index (χ0) is 18.9. The predicted molar refractivity (Wildman–Crippen MR) is 107 cm³/mol. The molecule has 0 bridgehead atoms. The molecule has 0 aliphatic rings. The van der Waals surface area contributed by atoms with Crippen LogP contribution in [0.1, 0.15) is 39.7 Å². The second kappa shape index (κ2) is 10.6. The predicted octanol–water partition coefficient (Wildman–Crippen LogP) is 4.33. The van der Waals surface area contributed by atoms with E-state index in [4.69, 9.17) is 9.47 Å². The van der Waals surface area contributed by atoms with Crippen LogP contribution in [-0.4, -0.2) is 29.1 Å². The summed E-state index contributed by atoms with van der Waals surface area (Å²) in [6.45, 7) is 8.34. The van der Waals surface area contributed by atoms with Gasteiger partial charge in [0.25, 0.3) is 0 Å². The molecule has 0 radical (unpaired) electrons. The van der Waals surface area contributed by atoms with Crippen molar-refractivity contribution in [1.29, 1.82) is 0 Å². The molecule has 1 N–H and O–H groups in total. The smallest absolute Gasteiger partial charge is 0.408 e. The van der Waals surface area contributed by atoms with E-state index in [1.54, 1.807) is 0 Å². The Labute approximate surface area is 164 Å². The normalized spacial score (nSPS) is 12.6. The topological polar surface area (TPSA) is 64.6 Å². The number of benzene rings is 1. The van der Waals surface area contributed by atoms with Gasteiger partial charge in [0, 0.05) is 4.43 Å². The van der Waals surface area contributed by atoms with E-state index in [1.165, 1.54) is 0 Å². The third-order valence-corrected chi connectivity index (χ3v) is 4.32. The Hall–Kier alpha value is -1.31. The summed E-state index contributed by atoms with van der Waals surface area (Å²) in [6, 6.07) is 8.67. The molecule has 1 atom stereocenters. The molecule has 5 nitrogen and oxygen atoms in total. The summed E-state index contributed by atoms with van der Waals surface area (Å²) < 4.78 is 11.6. The molecule has 0 spiro atoms. The van der Waals surface area contributed by atoms with E-state index in [9.17, 15) is 9.59 Å². The number of carbonyl (C=O) groups excluding carboxylic acids is 2. The Bertz CT molecular complexity index is 546. The van der Waals surface area contributed by atoms with Crippen LogP contribution in [0.3, 0.4) is 0 Å². The summed E-state index contributed by atoms with van der Waals surface area (Å²) in [5.41, 5.74) is 0.813. The summed E-state index contributed by atoms with van der Waals surface area (Å²) in [6.07, 6.45) is 0.339. The highest BCUT2D eigenvalue weighted by Crippen LogP contribution is 2.22. The number of hydrogen-bond donors (Lipinski definition) is 1. The minimum Gasteiger partial charge on any atom is -0.464 e. The number of amides is 1. The van der Waals surface area contributed by atoms with E-state index in [-0.39, 0.29) is 17.9 Å². The average Bonchev–Trinajstić information content (AvgIpc) is 2.56. The highest BCUT2D eigenvalue weighted by atomic mass is 127. The molecule has 6 heteroatoms. The molecular formula is C19H28INO4. The summed E-state index contributed by atoms with van der Waals surface area (Å²) in [7, 11) is 0. The maximum atomic E-state index is 12.4. The van der Waals surface area contributed by atoms with Crippen molar-refractivity contribution in [2.45, 2.75) is 46.8 Å². The van der Waals surface area contributed by atoms with Gasteiger partial charge in [-0.25, -0.2) is 9.59 Å². The monoisotopic (exact) mass is 461 g/mol. The molecule has 1 aromatic rings. The maximum absolute atomic E-state index is 12.4. The van der Waals surface area contributed by atoms with E-state index in [2.05, 4.69) is 41.8 Å². The van der Waals surface area contributed by atoms with Gasteiger partial charge in [0.1, 0.15) is 12.6 Å². The number of alkyl halides is 1. The molecule has 1 rings (SSSR count). The lowest BCUT2D eigenvalue weighted by molar-refractivity contribution is -0.150. The zero-order valence-corrected chi connectivity index (χ0v) is 17.5. The molecule has 1 aromatic carbocycles. The van der Waals surface area contributed by atoms with Crippen molar-refractivity contribution < 1.29 is 19.1 Å². The Morgan fingerprint density at radius 1 is 1.16 bits per heavy atom. The van der Waals surface area contributed by atoms with E-state index in [0.717, 1.165) is 16.4 Å². The van der Waals surface area contributed by atoms with Gasteiger partial charge in [-0.05, 0) is 23.3 Å². The summed E-state index contributed by atoms with van der Waals surface area (Å²) in [5.74, 6) is -0.516. The summed E-state index contributed by atoms with van der Waals surface area (Å²) in [4.78, 5) is 24.3. The van der Waals surface area contributed by atoms with Crippen LogP contribution in [0.2, 0.25) is 0 Å². The molecule has 25 heavy (non-hydrogen) atoms. The van der Waals surface area contributed by atoms with Crippen molar-refractivity contribution >= 4 is 34.7 Å². The third kappa shape index (κ3) is 8.56. The fourth-order valence-electron chi connectivity index (χ4n) is 2.07. The average molecular weight is 461 g/mol. The van der Waals surface area contributed by atoms with E-state index in [0.29, 0.717) is 6.61 Å². The molecule has 0 heterocycles. The van der Waals surface area contributed by atoms with Crippen LogP contribution >= 0.6 is 22.6 Å². The molecule has 0 fully saturated rings. The van der Waals surface area contributed by atoms with Crippen LogP contribution in [0.4, 0.5) is 4.79 Å². The minimum atomic E-state index is -0.723. The maximum Gasteiger partial charge on any atom is 0.408 e. The van der Waals surface area contributed by atoms with E-state index < -0.39 is 18.1 Å². The molecule has 0 unspecified atom stereocenters. The largest absolute Gasteiger partial charge is 0.464 e. The Morgan fingerprint density at radius 2 is 1.80 bits per heavy atom. The fourth-order valence-corrected chi connectivity index (χ4v) is 3.53. The summed E-state index contributed by atoms with van der Waals surface area (Å²) in [5, 5.41) is 2.62. The molecule has 1 amide bonds. The highest BCUT2D eigenvalue weighted by molar-refractivity contribution is 14.1. The van der Waals surface area contributed by atoms with Gasteiger partial charge in [-0.2, -0.15) is 0 Å². The van der Waals surface area contributed by atoms with E-state index in [1.807, 2.05) is 44.2 Å². The molecule has 0 aliphatic carbocycles. The first-order valence-electron chi connectivity index (χ1n) is 8.45. The van der Waals surface area contributed by atoms with Crippen LogP contribution < -0.4 is 5.32 Å². The second-order valence-electron chi connectivity index (χ2n) is 7.14. The zero-order valence-electron chi connectivity index (χ0n) is 15.4. The van der Waals surface area contributed by atoms with Gasteiger partial charge in [0.2, 0.25) is 0 Å². The van der Waals surface area contributed by atoms with Crippen LogP contribution in [0.15, 0.2) is 30.3 Å². The van der Waals surface area contributed by atoms with Crippen LogP contribution in [0, 0.1) is 11.3 Å². The molecule has 0 saturated carbocycles. The van der Waals surface area contributed by atoms with Crippen LogP contribution in [0.25, 0.3) is 0 Å². The fraction of sp³-hybridized carbons (Fsp3) is 0.579. The van der Waals surface area contributed by atoms with Crippen LogP contribution in [-0.2, 0) is 20.9 Å². The first-order valence-corrected chi connectivity index (χ1v) is 9.97. The second-order valence-corrected chi connectivity index (χ2v) is 8.22. The first kappa shape index (κ1) is 21.7. The Kier molecular flexibility index (Phi) is 9.24. The number of alkyl carbamates (subject to hydrolysis) is 1. The Morgan fingerprint density at radius 3 is 2.36 bits per heavy atom. The number of nitrogens with one attached hydrogen (secondary N) is 1. The number of esters is 1. The van der Waals surface area contributed by atoms with Crippen LogP contribution in [0.5, 0.6) is 0 Å². The van der Waals surface area contributed by atoms with Crippen molar-refractivity contribution in [3.05, 3.63) is 35.9 Å². The molecule has 0 saturated heterocycles. The van der Waals surface area contributed by atoms with Gasteiger partial charge in [0.05, 0.1) is 6.61 Å². The van der Waals surface area contributed by atoms with Crippen molar-refractivity contribution in [3.63, 3.8) is 0 Å².